The molecule has 0 fully saturated rings. The van der Waals surface area contributed by atoms with Crippen molar-refractivity contribution in [1.29, 1.82) is 0 Å². The lowest BCUT2D eigenvalue weighted by molar-refractivity contribution is -0.138. The summed E-state index contributed by atoms with van der Waals surface area (Å²) in [7, 11) is 0. The number of hydrogen-bond donors (Lipinski definition) is 1. The molecule has 0 aliphatic rings. The SMILES string of the molecule is FC(F)(F)c1cccc(COCc2cccc(C(F)(F)F)c2)c1.OC(c1cccnc1)c1cccc(-c2ccccc2)c1. The van der Waals surface area contributed by atoms with E-state index in [0.717, 1.165) is 46.5 Å². The van der Waals surface area contributed by atoms with Crippen molar-refractivity contribution in [2.75, 3.05) is 0 Å². The Morgan fingerprint density at radius 2 is 1.12 bits per heavy atom. The monoisotopic (exact) mass is 595 g/mol. The molecule has 0 radical (unpaired) electrons. The summed E-state index contributed by atoms with van der Waals surface area (Å²) in [6.45, 7) is -0.250. The van der Waals surface area contributed by atoms with Crippen LogP contribution in [-0.4, -0.2) is 10.1 Å². The first-order valence-electron chi connectivity index (χ1n) is 13.1. The van der Waals surface area contributed by atoms with Crippen molar-refractivity contribution < 1.29 is 36.2 Å². The molecule has 4 aromatic carbocycles. The first kappa shape index (κ1) is 31.5. The average Bonchev–Trinajstić information content (AvgIpc) is 3.01. The first-order chi connectivity index (χ1) is 20.5. The van der Waals surface area contributed by atoms with E-state index in [1.165, 1.54) is 24.3 Å². The fourth-order valence-electron chi connectivity index (χ4n) is 4.21. The van der Waals surface area contributed by atoms with Gasteiger partial charge >= 0.3 is 12.4 Å². The largest absolute Gasteiger partial charge is 0.416 e. The fraction of sp³-hybridized carbons (Fsp3) is 0.147. The van der Waals surface area contributed by atoms with E-state index in [-0.39, 0.29) is 13.2 Å². The molecule has 0 amide bonds. The van der Waals surface area contributed by atoms with E-state index < -0.39 is 29.6 Å². The first-order valence-corrected chi connectivity index (χ1v) is 13.1. The molecule has 1 unspecified atom stereocenters. The van der Waals surface area contributed by atoms with Crippen LogP contribution in [0, 0.1) is 0 Å². The number of pyridine rings is 1. The van der Waals surface area contributed by atoms with Crippen LogP contribution >= 0.6 is 0 Å². The number of hydrogen-bond acceptors (Lipinski definition) is 3. The number of aromatic nitrogens is 1. The zero-order valence-electron chi connectivity index (χ0n) is 22.7. The molecule has 0 aliphatic carbocycles. The Labute approximate surface area is 245 Å². The van der Waals surface area contributed by atoms with Crippen LogP contribution in [0.25, 0.3) is 11.1 Å². The lowest BCUT2D eigenvalue weighted by atomic mass is 9.98. The van der Waals surface area contributed by atoms with E-state index in [1.54, 1.807) is 12.4 Å². The van der Waals surface area contributed by atoms with Gasteiger partial charge in [-0.2, -0.15) is 26.3 Å². The van der Waals surface area contributed by atoms with Crippen LogP contribution in [0.2, 0.25) is 0 Å². The van der Waals surface area contributed by atoms with Crippen LogP contribution in [0.3, 0.4) is 0 Å². The number of alkyl halides is 6. The minimum atomic E-state index is -4.45. The normalized spacial score (nSPS) is 12.3. The van der Waals surface area contributed by atoms with Crippen LogP contribution in [0.5, 0.6) is 0 Å². The summed E-state index contributed by atoms with van der Waals surface area (Å²) in [5.41, 5.74) is 2.93. The Morgan fingerprint density at radius 3 is 1.65 bits per heavy atom. The third-order valence-corrected chi connectivity index (χ3v) is 6.36. The summed E-state index contributed by atoms with van der Waals surface area (Å²) in [5.74, 6) is 0. The zero-order chi connectivity index (χ0) is 30.9. The highest BCUT2D eigenvalue weighted by Gasteiger charge is 2.31. The van der Waals surface area contributed by atoms with Crippen LogP contribution in [0.15, 0.2) is 128 Å². The van der Waals surface area contributed by atoms with Crippen LogP contribution in [0.1, 0.15) is 39.5 Å². The predicted molar refractivity (Wildman–Crippen MR) is 152 cm³/mol. The lowest BCUT2D eigenvalue weighted by Crippen LogP contribution is -2.06. The quantitative estimate of drug-likeness (QED) is 0.191. The average molecular weight is 596 g/mol. The van der Waals surface area contributed by atoms with Crippen molar-refractivity contribution >= 4 is 0 Å². The minimum Gasteiger partial charge on any atom is -0.384 e. The molecule has 0 saturated carbocycles. The highest BCUT2D eigenvalue weighted by molar-refractivity contribution is 5.64. The van der Waals surface area contributed by atoms with Gasteiger partial charge in [0.25, 0.3) is 0 Å². The molecule has 5 aromatic rings. The topological polar surface area (TPSA) is 42.4 Å². The summed E-state index contributed by atoms with van der Waals surface area (Å²) in [4.78, 5) is 4.05. The molecule has 0 spiro atoms. The van der Waals surface area contributed by atoms with Gasteiger partial charge in [0, 0.05) is 18.0 Å². The minimum absolute atomic E-state index is 0.125. The zero-order valence-corrected chi connectivity index (χ0v) is 22.7. The molecule has 0 bridgehead atoms. The van der Waals surface area contributed by atoms with Gasteiger partial charge in [-0.25, -0.2) is 0 Å². The molecule has 1 N–H and O–H groups in total. The highest BCUT2D eigenvalue weighted by atomic mass is 19.4. The summed E-state index contributed by atoms with van der Waals surface area (Å²) in [5, 5.41) is 10.4. The van der Waals surface area contributed by atoms with Crippen LogP contribution in [-0.2, 0) is 30.3 Å². The van der Waals surface area contributed by atoms with Gasteiger partial charge in [0.1, 0.15) is 6.10 Å². The number of halogens is 6. The van der Waals surface area contributed by atoms with Gasteiger partial charge in [-0.05, 0) is 64.2 Å². The number of rotatable bonds is 7. The second-order valence-corrected chi connectivity index (χ2v) is 9.57. The third kappa shape index (κ3) is 9.26. The van der Waals surface area contributed by atoms with E-state index in [4.69, 9.17) is 4.74 Å². The Bertz CT molecular complexity index is 1530. The van der Waals surface area contributed by atoms with Gasteiger partial charge in [-0.15, -0.1) is 0 Å². The van der Waals surface area contributed by atoms with Crippen LogP contribution < -0.4 is 0 Å². The second kappa shape index (κ2) is 14.1. The second-order valence-electron chi connectivity index (χ2n) is 9.57. The Kier molecular flexibility index (Phi) is 10.3. The van der Waals surface area contributed by atoms with Gasteiger partial charge < -0.3 is 9.84 Å². The lowest BCUT2D eigenvalue weighted by Gasteiger charge is -2.12. The molecule has 1 atom stereocenters. The maximum atomic E-state index is 12.6. The fourth-order valence-corrected chi connectivity index (χ4v) is 4.21. The molecule has 222 valence electrons. The Balaban J connectivity index is 0.000000198. The third-order valence-electron chi connectivity index (χ3n) is 6.36. The number of nitrogens with zero attached hydrogens (tertiary/aromatic N) is 1. The number of benzene rings is 4. The van der Waals surface area contributed by atoms with Crippen LogP contribution in [0.4, 0.5) is 26.3 Å². The molecule has 3 nitrogen and oxygen atoms in total. The van der Waals surface area contributed by atoms with E-state index in [1.807, 2.05) is 48.5 Å². The molecule has 0 aliphatic heterocycles. The molecular formula is C34H27F6NO2. The maximum Gasteiger partial charge on any atom is 0.416 e. The van der Waals surface area contributed by atoms with Crippen molar-refractivity contribution in [3.63, 3.8) is 0 Å². The molecule has 0 saturated heterocycles. The van der Waals surface area contributed by atoms with Crippen molar-refractivity contribution in [3.8, 4) is 11.1 Å². The van der Waals surface area contributed by atoms with Gasteiger partial charge in [-0.1, -0.05) is 78.9 Å². The highest BCUT2D eigenvalue weighted by Crippen LogP contribution is 2.31. The molecule has 43 heavy (non-hydrogen) atoms. The van der Waals surface area contributed by atoms with Crippen molar-refractivity contribution in [1.82, 2.24) is 4.98 Å². The smallest absolute Gasteiger partial charge is 0.384 e. The van der Waals surface area contributed by atoms with Gasteiger partial charge in [-0.3, -0.25) is 4.98 Å². The van der Waals surface area contributed by atoms with Gasteiger partial charge in [0.2, 0.25) is 0 Å². The maximum absolute atomic E-state index is 12.6. The number of aliphatic hydroxyl groups excluding tert-OH is 1. The standard InChI is InChI=1S/C18H15NO.C16H12F6O/c20-18(17-10-5-11-19-13-17)16-9-4-8-15(12-16)14-6-2-1-3-7-14;17-15(18,19)13-5-1-3-11(7-13)9-23-10-12-4-2-6-14(8-12)16(20,21)22/h1-13,18,20H;1-8H,9-10H2. The molecule has 1 aromatic heterocycles. The van der Waals surface area contributed by atoms with E-state index in [0.29, 0.717) is 11.1 Å². The molecule has 9 heteroatoms. The summed E-state index contributed by atoms with van der Waals surface area (Å²) < 4.78 is 80.6. The summed E-state index contributed by atoms with van der Waals surface area (Å²) in [6.07, 6.45) is -6.14. The predicted octanol–water partition coefficient (Wildman–Crippen LogP) is 9.27. The molecular weight excluding hydrogens is 568 g/mol. The van der Waals surface area contributed by atoms with Gasteiger partial charge in [0.05, 0.1) is 24.3 Å². The summed E-state index contributed by atoms with van der Waals surface area (Å²) in [6, 6.07) is 31.1. The Hall–Kier alpha value is -4.47. The molecule has 5 rings (SSSR count). The van der Waals surface area contributed by atoms with Crippen molar-refractivity contribution in [2.45, 2.75) is 31.7 Å². The number of aliphatic hydroxyl groups is 1. The van der Waals surface area contributed by atoms with Gasteiger partial charge in [0.15, 0.2) is 0 Å². The van der Waals surface area contributed by atoms with E-state index in [9.17, 15) is 31.4 Å². The van der Waals surface area contributed by atoms with E-state index >= 15 is 0 Å². The van der Waals surface area contributed by atoms with Crippen molar-refractivity contribution in [3.05, 3.63) is 161 Å². The Morgan fingerprint density at radius 1 is 0.581 bits per heavy atom. The number of ether oxygens (including phenoxy) is 1. The molecule has 1 heterocycles. The van der Waals surface area contributed by atoms with E-state index in [2.05, 4.69) is 23.2 Å². The van der Waals surface area contributed by atoms with Crippen molar-refractivity contribution in [2.24, 2.45) is 0 Å². The summed E-state index contributed by atoms with van der Waals surface area (Å²) >= 11 is 0.